The zero-order valence-corrected chi connectivity index (χ0v) is 12.2. The van der Waals surface area contributed by atoms with Gasteiger partial charge in [0, 0.05) is 32.9 Å². The van der Waals surface area contributed by atoms with Gasteiger partial charge in [0.1, 0.15) is 0 Å². The van der Waals surface area contributed by atoms with E-state index in [0.29, 0.717) is 13.2 Å². The highest BCUT2D eigenvalue weighted by atomic mass is 16.5. The largest absolute Gasteiger partial charge is 0.385 e. The second-order valence-electron chi connectivity index (χ2n) is 5.00. The number of aryl methyl sites for hydroxylation is 1. The molecule has 1 N–H and O–H groups in total. The van der Waals surface area contributed by atoms with E-state index in [9.17, 15) is 4.79 Å². The second-order valence-corrected chi connectivity index (χ2v) is 5.00. The summed E-state index contributed by atoms with van der Waals surface area (Å²) < 4.78 is 10.3. The number of hydrogen-bond donors (Lipinski definition) is 1. The molecule has 1 saturated heterocycles. The van der Waals surface area contributed by atoms with Gasteiger partial charge in [-0.05, 0) is 25.7 Å². The molecule has 1 fully saturated rings. The number of urea groups is 1. The molecule has 0 bridgehead atoms. The summed E-state index contributed by atoms with van der Waals surface area (Å²) >= 11 is 0. The average Bonchev–Trinajstić information content (AvgIpc) is 3.10. The van der Waals surface area contributed by atoms with Crippen LogP contribution in [-0.2, 0) is 11.2 Å². The van der Waals surface area contributed by atoms with Crippen molar-refractivity contribution < 1.29 is 14.1 Å². The Balaban J connectivity index is 1.91. The summed E-state index contributed by atoms with van der Waals surface area (Å²) in [6.07, 6.45) is 3.60. The van der Waals surface area contributed by atoms with E-state index in [1.54, 1.807) is 7.11 Å². The molecule has 1 aliphatic heterocycles. The lowest BCUT2D eigenvalue weighted by Gasteiger charge is -2.23. The van der Waals surface area contributed by atoms with Crippen LogP contribution in [0.15, 0.2) is 10.6 Å². The predicted molar refractivity (Wildman–Crippen MR) is 74.5 cm³/mol. The molecule has 0 saturated carbocycles. The van der Waals surface area contributed by atoms with E-state index in [0.717, 1.165) is 43.7 Å². The van der Waals surface area contributed by atoms with Gasteiger partial charge in [-0.3, -0.25) is 0 Å². The number of amides is 2. The van der Waals surface area contributed by atoms with Crippen LogP contribution in [0.2, 0.25) is 0 Å². The molecule has 1 aromatic rings. The molecule has 1 atom stereocenters. The Bertz CT molecular complexity index is 433. The smallest absolute Gasteiger partial charge is 0.318 e. The van der Waals surface area contributed by atoms with E-state index < -0.39 is 0 Å². The highest BCUT2D eigenvalue weighted by molar-refractivity contribution is 5.74. The molecule has 6 heteroatoms. The number of carbonyl (C=O) groups is 1. The second kappa shape index (κ2) is 7.28. The Kier molecular flexibility index (Phi) is 5.40. The summed E-state index contributed by atoms with van der Waals surface area (Å²) in [6.45, 7) is 4.09. The third-order valence-electron chi connectivity index (χ3n) is 3.58. The van der Waals surface area contributed by atoms with E-state index >= 15 is 0 Å². The Hall–Kier alpha value is -1.56. The minimum Gasteiger partial charge on any atom is -0.385 e. The molecule has 6 nitrogen and oxygen atoms in total. The zero-order chi connectivity index (χ0) is 14.4. The predicted octanol–water partition coefficient (Wildman–Crippen LogP) is 2.12. The lowest BCUT2D eigenvalue weighted by Crippen LogP contribution is -2.40. The molecule has 0 aliphatic carbocycles. The molecule has 1 unspecified atom stereocenters. The molecule has 1 aliphatic rings. The number of rotatable bonds is 6. The van der Waals surface area contributed by atoms with E-state index in [4.69, 9.17) is 9.26 Å². The van der Waals surface area contributed by atoms with Crippen molar-refractivity contribution >= 4 is 6.03 Å². The topological polar surface area (TPSA) is 67.6 Å². The lowest BCUT2D eigenvalue weighted by atomic mass is 10.1. The van der Waals surface area contributed by atoms with Crippen LogP contribution in [-0.4, -0.2) is 42.9 Å². The van der Waals surface area contributed by atoms with Crippen molar-refractivity contribution in [2.24, 2.45) is 0 Å². The van der Waals surface area contributed by atoms with Crippen LogP contribution in [0.25, 0.3) is 0 Å². The molecule has 20 heavy (non-hydrogen) atoms. The number of nitrogens with one attached hydrogen (secondary N) is 1. The summed E-state index contributed by atoms with van der Waals surface area (Å²) in [5.74, 6) is 0.798. The number of carbonyl (C=O) groups excluding carboxylic acids is 1. The number of aromatic nitrogens is 1. The fourth-order valence-corrected chi connectivity index (χ4v) is 2.47. The first-order valence-corrected chi connectivity index (χ1v) is 7.25. The molecule has 2 rings (SSSR count). The van der Waals surface area contributed by atoms with E-state index in [2.05, 4.69) is 10.5 Å². The lowest BCUT2D eigenvalue weighted by molar-refractivity contribution is 0.176. The maximum atomic E-state index is 12.2. The zero-order valence-electron chi connectivity index (χ0n) is 12.2. The first-order chi connectivity index (χ1) is 9.76. The number of likely N-dealkylation sites (tertiary alicyclic amines) is 1. The van der Waals surface area contributed by atoms with Gasteiger partial charge in [-0.15, -0.1) is 0 Å². The molecule has 2 amide bonds. The van der Waals surface area contributed by atoms with Crippen LogP contribution in [0.3, 0.4) is 0 Å². The van der Waals surface area contributed by atoms with Crippen molar-refractivity contribution in [3.63, 3.8) is 0 Å². The molecule has 1 aromatic heterocycles. The summed E-state index contributed by atoms with van der Waals surface area (Å²) in [5.41, 5.74) is 0.937. The monoisotopic (exact) mass is 281 g/mol. The minimum absolute atomic E-state index is 0.0187. The maximum absolute atomic E-state index is 12.2. The maximum Gasteiger partial charge on any atom is 0.318 e. The molecule has 2 heterocycles. The van der Waals surface area contributed by atoms with Gasteiger partial charge in [-0.2, -0.15) is 0 Å². The normalized spacial score (nSPS) is 18.5. The van der Waals surface area contributed by atoms with Gasteiger partial charge in [0.25, 0.3) is 0 Å². The quantitative estimate of drug-likeness (QED) is 0.811. The number of ether oxygens (including phenoxy) is 1. The average molecular weight is 281 g/mol. The Morgan fingerprint density at radius 1 is 1.65 bits per heavy atom. The van der Waals surface area contributed by atoms with E-state index in [-0.39, 0.29) is 12.1 Å². The summed E-state index contributed by atoms with van der Waals surface area (Å²) in [5, 5.41) is 6.93. The molecule has 112 valence electrons. The first kappa shape index (κ1) is 14.8. The van der Waals surface area contributed by atoms with Crippen LogP contribution in [0.1, 0.15) is 43.7 Å². The van der Waals surface area contributed by atoms with Gasteiger partial charge in [-0.1, -0.05) is 12.1 Å². The Labute approximate surface area is 119 Å². The minimum atomic E-state index is -0.0296. The van der Waals surface area contributed by atoms with Crippen LogP contribution in [0, 0.1) is 0 Å². The first-order valence-electron chi connectivity index (χ1n) is 7.25. The molecular weight excluding hydrogens is 258 g/mol. The molecule has 0 spiro atoms. The molecule has 0 aromatic carbocycles. The fraction of sp³-hybridized carbons (Fsp3) is 0.714. The highest BCUT2D eigenvalue weighted by Gasteiger charge is 2.32. The number of methoxy groups -OCH3 is 1. The van der Waals surface area contributed by atoms with Crippen LogP contribution in [0.4, 0.5) is 4.79 Å². The van der Waals surface area contributed by atoms with Gasteiger partial charge in [0.2, 0.25) is 0 Å². The molecular formula is C14H23N3O3. The van der Waals surface area contributed by atoms with Crippen molar-refractivity contribution in [1.29, 1.82) is 0 Å². The van der Waals surface area contributed by atoms with Gasteiger partial charge in [0.05, 0.1) is 11.7 Å². The van der Waals surface area contributed by atoms with E-state index in [1.807, 2.05) is 17.9 Å². The van der Waals surface area contributed by atoms with E-state index in [1.165, 1.54) is 0 Å². The van der Waals surface area contributed by atoms with Crippen LogP contribution >= 0.6 is 0 Å². The van der Waals surface area contributed by atoms with Crippen molar-refractivity contribution in [1.82, 2.24) is 15.4 Å². The van der Waals surface area contributed by atoms with Crippen molar-refractivity contribution in [2.45, 2.75) is 38.6 Å². The van der Waals surface area contributed by atoms with Crippen molar-refractivity contribution in [3.8, 4) is 0 Å². The fourth-order valence-electron chi connectivity index (χ4n) is 2.47. The SMILES string of the molecule is CCc1cc(C2CCCN2C(=O)NCCCOC)on1. The summed E-state index contributed by atoms with van der Waals surface area (Å²) in [4.78, 5) is 14.0. The van der Waals surface area contributed by atoms with Crippen LogP contribution < -0.4 is 5.32 Å². The molecule has 0 radical (unpaired) electrons. The van der Waals surface area contributed by atoms with Crippen molar-refractivity contribution in [2.75, 3.05) is 26.8 Å². The van der Waals surface area contributed by atoms with Gasteiger partial charge in [0.15, 0.2) is 5.76 Å². The highest BCUT2D eigenvalue weighted by Crippen LogP contribution is 2.32. The number of hydrogen-bond acceptors (Lipinski definition) is 4. The summed E-state index contributed by atoms with van der Waals surface area (Å²) in [7, 11) is 1.66. The number of nitrogens with zero attached hydrogens (tertiary/aromatic N) is 2. The Morgan fingerprint density at radius 3 is 3.20 bits per heavy atom. The third kappa shape index (κ3) is 3.50. The standard InChI is InChI=1S/C14H23N3O3/c1-3-11-10-13(20-16-11)12-6-4-8-17(12)14(18)15-7-5-9-19-2/h10,12H,3-9H2,1-2H3,(H,15,18). The third-order valence-corrected chi connectivity index (χ3v) is 3.58. The summed E-state index contributed by atoms with van der Waals surface area (Å²) in [6, 6.07) is 1.95. The van der Waals surface area contributed by atoms with Gasteiger partial charge >= 0.3 is 6.03 Å². The Morgan fingerprint density at radius 2 is 2.50 bits per heavy atom. The van der Waals surface area contributed by atoms with Crippen molar-refractivity contribution in [3.05, 3.63) is 17.5 Å². The van der Waals surface area contributed by atoms with Crippen LogP contribution in [0.5, 0.6) is 0 Å². The van der Waals surface area contributed by atoms with Gasteiger partial charge < -0.3 is 19.5 Å². The van der Waals surface area contributed by atoms with Gasteiger partial charge in [-0.25, -0.2) is 4.79 Å².